The maximum atomic E-state index is 11.6. The van der Waals surface area contributed by atoms with Crippen molar-refractivity contribution >= 4 is 30.6 Å². The highest BCUT2D eigenvalue weighted by Gasteiger charge is 2.18. The molecule has 20 heavy (non-hydrogen) atoms. The van der Waals surface area contributed by atoms with E-state index in [0.717, 1.165) is 12.8 Å². The Morgan fingerprint density at radius 3 is 2.55 bits per heavy atom. The van der Waals surface area contributed by atoms with E-state index in [1.807, 2.05) is 13.8 Å². The molecule has 0 aliphatic carbocycles. The zero-order valence-corrected chi connectivity index (χ0v) is 12.9. The van der Waals surface area contributed by atoms with Crippen LogP contribution in [0.15, 0.2) is 35.4 Å². The summed E-state index contributed by atoms with van der Waals surface area (Å²) in [6, 6.07) is 6.43. The molecule has 0 radical (unpaired) electrons. The first-order valence-electron chi connectivity index (χ1n) is 6.46. The summed E-state index contributed by atoms with van der Waals surface area (Å²) >= 11 is 0. The summed E-state index contributed by atoms with van der Waals surface area (Å²) in [5, 5.41) is 0.478. The van der Waals surface area contributed by atoms with Crippen LogP contribution in [0.5, 0.6) is 5.75 Å². The second-order valence-electron chi connectivity index (χ2n) is 4.46. The van der Waals surface area contributed by atoms with Gasteiger partial charge in [-0.3, -0.25) is 4.98 Å². The first-order valence-corrected chi connectivity index (χ1v) is 8.77. The van der Waals surface area contributed by atoms with Crippen molar-refractivity contribution in [3.05, 3.63) is 30.5 Å². The summed E-state index contributed by atoms with van der Waals surface area (Å²) in [4.78, 5) is 4.28. The predicted molar refractivity (Wildman–Crippen MR) is 79.8 cm³/mol. The molecule has 0 fully saturated rings. The lowest BCUT2D eigenvalue weighted by Crippen LogP contribution is -2.14. The molecule has 1 heterocycles. The second kappa shape index (κ2) is 5.97. The third-order valence-electron chi connectivity index (χ3n) is 3.16. The summed E-state index contributed by atoms with van der Waals surface area (Å²) in [5.41, 5.74) is 0.515. The van der Waals surface area contributed by atoms with Gasteiger partial charge in [-0.05, 0) is 37.1 Å². The van der Waals surface area contributed by atoms with Crippen molar-refractivity contribution in [2.24, 2.45) is 0 Å². The highest BCUT2D eigenvalue weighted by molar-refractivity contribution is 8.14. The SMILES string of the molecule is CCC(CC)Oc1ccc(S(=O)(=O)Cl)c2cccnc12. The van der Waals surface area contributed by atoms with Gasteiger partial charge in [-0.2, -0.15) is 0 Å². The summed E-state index contributed by atoms with van der Waals surface area (Å²) in [7, 11) is 1.64. The van der Waals surface area contributed by atoms with Crippen LogP contribution in [0.25, 0.3) is 10.9 Å². The summed E-state index contributed by atoms with van der Waals surface area (Å²) in [6.45, 7) is 4.09. The molecule has 4 nitrogen and oxygen atoms in total. The number of halogens is 1. The topological polar surface area (TPSA) is 56.3 Å². The van der Waals surface area contributed by atoms with Gasteiger partial charge < -0.3 is 4.74 Å². The molecule has 2 aromatic rings. The van der Waals surface area contributed by atoms with Crippen LogP contribution in [-0.4, -0.2) is 19.5 Å². The van der Waals surface area contributed by atoms with Crippen molar-refractivity contribution in [3.63, 3.8) is 0 Å². The molecule has 108 valence electrons. The van der Waals surface area contributed by atoms with E-state index in [1.165, 1.54) is 6.07 Å². The molecule has 1 aromatic carbocycles. The van der Waals surface area contributed by atoms with Crippen LogP contribution < -0.4 is 4.74 Å². The van der Waals surface area contributed by atoms with E-state index in [1.54, 1.807) is 24.4 Å². The number of fused-ring (bicyclic) bond motifs is 1. The lowest BCUT2D eigenvalue weighted by molar-refractivity contribution is 0.195. The van der Waals surface area contributed by atoms with Crippen molar-refractivity contribution in [1.82, 2.24) is 4.98 Å². The quantitative estimate of drug-likeness (QED) is 0.789. The number of benzene rings is 1. The number of nitrogens with zero attached hydrogens (tertiary/aromatic N) is 1. The van der Waals surface area contributed by atoms with Gasteiger partial charge in [-0.15, -0.1) is 0 Å². The standard InChI is InChI=1S/C14H16ClNO3S/c1-3-10(4-2)19-12-7-8-13(20(15,17)18)11-6-5-9-16-14(11)12/h5-10H,3-4H2,1-2H3. The fourth-order valence-electron chi connectivity index (χ4n) is 2.06. The Hall–Kier alpha value is -1.33. The van der Waals surface area contributed by atoms with Gasteiger partial charge >= 0.3 is 0 Å². The number of hydrogen-bond donors (Lipinski definition) is 0. The minimum Gasteiger partial charge on any atom is -0.488 e. The summed E-state index contributed by atoms with van der Waals surface area (Å²) in [5.74, 6) is 0.582. The van der Waals surface area contributed by atoms with E-state index in [-0.39, 0.29) is 11.0 Å². The van der Waals surface area contributed by atoms with Gasteiger partial charge in [0.15, 0.2) is 0 Å². The normalized spacial score (nSPS) is 12.0. The maximum Gasteiger partial charge on any atom is 0.261 e. The Kier molecular flexibility index (Phi) is 4.50. The van der Waals surface area contributed by atoms with Crippen LogP contribution in [0.2, 0.25) is 0 Å². The largest absolute Gasteiger partial charge is 0.488 e. The molecule has 2 rings (SSSR count). The predicted octanol–water partition coefficient (Wildman–Crippen LogP) is 3.73. The molecule has 0 spiro atoms. The molecule has 0 N–H and O–H groups in total. The number of ether oxygens (including phenoxy) is 1. The molecule has 0 aliphatic rings. The fourth-order valence-corrected chi connectivity index (χ4v) is 3.12. The number of pyridine rings is 1. The first kappa shape index (κ1) is 15.1. The summed E-state index contributed by atoms with van der Waals surface area (Å²) < 4.78 is 29.1. The van der Waals surface area contributed by atoms with Crippen molar-refractivity contribution in [2.45, 2.75) is 37.7 Å². The molecule has 0 atom stereocenters. The Morgan fingerprint density at radius 2 is 1.95 bits per heavy atom. The van der Waals surface area contributed by atoms with Crippen LogP contribution in [0, 0.1) is 0 Å². The lowest BCUT2D eigenvalue weighted by Gasteiger charge is -2.17. The third-order valence-corrected chi connectivity index (χ3v) is 4.54. The van der Waals surface area contributed by atoms with Gasteiger partial charge in [0, 0.05) is 22.3 Å². The molecule has 0 aliphatic heterocycles. The van der Waals surface area contributed by atoms with Gasteiger partial charge in [0.25, 0.3) is 9.05 Å². The number of hydrogen-bond acceptors (Lipinski definition) is 4. The van der Waals surface area contributed by atoms with E-state index < -0.39 is 9.05 Å². The highest BCUT2D eigenvalue weighted by atomic mass is 35.7. The van der Waals surface area contributed by atoms with E-state index in [0.29, 0.717) is 16.7 Å². The van der Waals surface area contributed by atoms with Crippen molar-refractivity contribution in [3.8, 4) is 5.75 Å². The Morgan fingerprint density at radius 1 is 1.25 bits per heavy atom. The van der Waals surface area contributed by atoms with E-state index in [2.05, 4.69) is 4.98 Å². The lowest BCUT2D eigenvalue weighted by atomic mass is 10.2. The van der Waals surface area contributed by atoms with E-state index >= 15 is 0 Å². The minimum absolute atomic E-state index is 0.0548. The van der Waals surface area contributed by atoms with Crippen molar-refractivity contribution < 1.29 is 13.2 Å². The zero-order chi connectivity index (χ0) is 14.8. The minimum atomic E-state index is -3.81. The Balaban J connectivity index is 2.60. The zero-order valence-electron chi connectivity index (χ0n) is 11.3. The van der Waals surface area contributed by atoms with Crippen molar-refractivity contribution in [2.75, 3.05) is 0 Å². The Bertz CT molecular complexity index is 711. The average Bonchev–Trinajstić information content (AvgIpc) is 2.43. The van der Waals surface area contributed by atoms with E-state index in [9.17, 15) is 8.42 Å². The summed E-state index contributed by atoms with van der Waals surface area (Å²) in [6.07, 6.45) is 3.44. The van der Waals surface area contributed by atoms with Crippen LogP contribution in [0.4, 0.5) is 0 Å². The smallest absolute Gasteiger partial charge is 0.261 e. The van der Waals surface area contributed by atoms with Gasteiger partial charge in [-0.1, -0.05) is 13.8 Å². The third kappa shape index (κ3) is 3.04. The van der Waals surface area contributed by atoms with Crippen LogP contribution >= 0.6 is 10.7 Å². The molecular formula is C14H16ClNO3S. The second-order valence-corrected chi connectivity index (χ2v) is 6.99. The molecule has 6 heteroatoms. The monoisotopic (exact) mass is 313 g/mol. The van der Waals surface area contributed by atoms with Crippen LogP contribution in [0.3, 0.4) is 0 Å². The molecule has 0 bridgehead atoms. The molecule has 0 unspecified atom stereocenters. The molecular weight excluding hydrogens is 298 g/mol. The van der Waals surface area contributed by atoms with Crippen molar-refractivity contribution in [1.29, 1.82) is 0 Å². The van der Waals surface area contributed by atoms with Gasteiger partial charge in [0.05, 0.1) is 11.0 Å². The van der Waals surface area contributed by atoms with Gasteiger partial charge in [0.1, 0.15) is 11.3 Å². The van der Waals surface area contributed by atoms with Gasteiger partial charge in [-0.25, -0.2) is 8.42 Å². The van der Waals surface area contributed by atoms with E-state index in [4.69, 9.17) is 15.4 Å². The van der Waals surface area contributed by atoms with Crippen LogP contribution in [-0.2, 0) is 9.05 Å². The number of rotatable bonds is 5. The van der Waals surface area contributed by atoms with Crippen LogP contribution in [0.1, 0.15) is 26.7 Å². The Labute approximate surface area is 123 Å². The first-order chi connectivity index (χ1) is 9.47. The molecule has 0 amide bonds. The molecule has 0 saturated carbocycles. The fraction of sp³-hybridized carbons (Fsp3) is 0.357. The average molecular weight is 314 g/mol. The maximum absolute atomic E-state index is 11.6. The highest BCUT2D eigenvalue weighted by Crippen LogP contribution is 2.32. The van der Waals surface area contributed by atoms with Gasteiger partial charge in [0.2, 0.25) is 0 Å². The molecule has 1 aromatic heterocycles. The number of aromatic nitrogens is 1. The molecule has 0 saturated heterocycles.